The van der Waals surface area contributed by atoms with Crippen LogP contribution in [0, 0.1) is 0 Å². The summed E-state index contributed by atoms with van der Waals surface area (Å²) < 4.78 is 5.16. The van der Waals surface area contributed by atoms with Gasteiger partial charge in [0.15, 0.2) is 0 Å². The van der Waals surface area contributed by atoms with E-state index < -0.39 is 0 Å². The molecule has 0 aliphatic heterocycles. The molecule has 2 aromatic carbocycles. The van der Waals surface area contributed by atoms with E-state index in [-0.39, 0.29) is 5.91 Å². The van der Waals surface area contributed by atoms with Gasteiger partial charge in [0.1, 0.15) is 5.75 Å². The van der Waals surface area contributed by atoms with E-state index in [1.165, 1.54) is 0 Å². The number of carbonyl (C=O) groups is 1. The fourth-order valence-corrected chi connectivity index (χ4v) is 1.98. The van der Waals surface area contributed by atoms with Gasteiger partial charge in [0, 0.05) is 19.7 Å². The van der Waals surface area contributed by atoms with Crippen molar-refractivity contribution in [2.45, 2.75) is 6.54 Å². The number of benzene rings is 2. The van der Waals surface area contributed by atoms with E-state index in [4.69, 9.17) is 4.74 Å². The average Bonchev–Trinajstić information content (AvgIpc) is 2.53. The van der Waals surface area contributed by atoms with Crippen LogP contribution in [-0.2, 0) is 11.3 Å². The van der Waals surface area contributed by atoms with Crippen LogP contribution in [0.3, 0.4) is 0 Å². The van der Waals surface area contributed by atoms with Crippen LogP contribution in [0.5, 0.6) is 5.75 Å². The molecule has 3 nitrogen and oxygen atoms in total. The summed E-state index contributed by atoms with van der Waals surface area (Å²) in [6.07, 6.45) is 3.38. The van der Waals surface area contributed by atoms with Crippen LogP contribution in [0.25, 0.3) is 6.08 Å². The summed E-state index contributed by atoms with van der Waals surface area (Å²) in [7, 11) is 3.42. The SMILES string of the molecule is COc1cccc(C=CC(=O)N(C)Cc2ccccc2)c1. The number of rotatable bonds is 5. The fourth-order valence-electron chi connectivity index (χ4n) is 1.98. The van der Waals surface area contributed by atoms with Gasteiger partial charge in [0.2, 0.25) is 5.91 Å². The van der Waals surface area contributed by atoms with Gasteiger partial charge in [-0.25, -0.2) is 0 Å². The maximum Gasteiger partial charge on any atom is 0.246 e. The van der Waals surface area contributed by atoms with Crippen molar-refractivity contribution in [1.82, 2.24) is 4.90 Å². The quantitative estimate of drug-likeness (QED) is 0.786. The number of likely N-dealkylation sites (N-methyl/N-ethyl adjacent to an activating group) is 1. The van der Waals surface area contributed by atoms with Gasteiger partial charge in [-0.1, -0.05) is 42.5 Å². The normalized spacial score (nSPS) is 10.6. The second kappa shape index (κ2) is 7.29. The van der Waals surface area contributed by atoms with Gasteiger partial charge in [-0.05, 0) is 29.3 Å². The Kier molecular flexibility index (Phi) is 5.16. The van der Waals surface area contributed by atoms with Crippen molar-refractivity contribution < 1.29 is 9.53 Å². The van der Waals surface area contributed by atoms with Crippen LogP contribution in [0.15, 0.2) is 60.7 Å². The highest BCUT2D eigenvalue weighted by Gasteiger charge is 2.05. The van der Waals surface area contributed by atoms with Crippen LogP contribution >= 0.6 is 0 Å². The van der Waals surface area contributed by atoms with E-state index in [1.54, 1.807) is 31.2 Å². The number of nitrogens with zero attached hydrogens (tertiary/aromatic N) is 1. The van der Waals surface area contributed by atoms with Crippen LogP contribution in [0.1, 0.15) is 11.1 Å². The molecular weight excluding hydrogens is 262 g/mol. The molecule has 0 radical (unpaired) electrons. The summed E-state index contributed by atoms with van der Waals surface area (Å²) in [5.41, 5.74) is 2.05. The third-order valence-corrected chi connectivity index (χ3v) is 3.15. The molecule has 108 valence electrons. The second-order valence-corrected chi connectivity index (χ2v) is 4.79. The first-order valence-electron chi connectivity index (χ1n) is 6.80. The van der Waals surface area contributed by atoms with Gasteiger partial charge >= 0.3 is 0 Å². The maximum atomic E-state index is 12.1. The Morgan fingerprint density at radius 2 is 1.90 bits per heavy atom. The van der Waals surface area contributed by atoms with Crippen LogP contribution < -0.4 is 4.74 Å². The molecule has 0 saturated heterocycles. The minimum Gasteiger partial charge on any atom is -0.497 e. The van der Waals surface area contributed by atoms with Gasteiger partial charge in [-0.2, -0.15) is 0 Å². The van der Waals surface area contributed by atoms with Gasteiger partial charge in [-0.3, -0.25) is 4.79 Å². The van der Waals surface area contributed by atoms with Crippen molar-refractivity contribution in [1.29, 1.82) is 0 Å². The Hall–Kier alpha value is -2.55. The Morgan fingerprint density at radius 1 is 1.14 bits per heavy atom. The van der Waals surface area contributed by atoms with Crippen molar-refractivity contribution in [3.05, 3.63) is 71.8 Å². The van der Waals surface area contributed by atoms with Crippen molar-refractivity contribution in [3.8, 4) is 5.75 Å². The average molecular weight is 281 g/mol. The summed E-state index contributed by atoms with van der Waals surface area (Å²) in [4.78, 5) is 13.8. The lowest BCUT2D eigenvalue weighted by Crippen LogP contribution is -2.23. The second-order valence-electron chi connectivity index (χ2n) is 4.79. The minimum absolute atomic E-state index is 0.0262. The van der Waals surface area contributed by atoms with E-state index in [0.29, 0.717) is 6.54 Å². The largest absolute Gasteiger partial charge is 0.497 e. The lowest BCUT2D eigenvalue weighted by Gasteiger charge is -2.15. The number of amides is 1. The molecule has 0 fully saturated rings. The van der Waals surface area contributed by atoms with Crippen molar-refractivity contribution in [2.75, 3.05) is 14.2 Å². The lowest BCUT2D eigenvalue weighted by molar-refractivity contribution is -0.125. The first kappa shape index (κ1) is 14.9. The highest BCUT2D eigenvalue weighted by atomic mass is 16.5. The van der Waals surface area contributed by atoms with Crippen molar-refractivity contribution in [2.24, 2.45) is 0 Å². The molecule has 0 spiro atoms. The minimum atomic E-state index is -0.0262. The van der Waals surface area contributed by atoms with Crippen LogP contribution in [0.2, 0.25) is 0 Å². The molecule has 0 N–H and O–H groups in total. The molecule has 0 aliphatic carbocycles. The molecule has 0 bridgehead atoms. The van der Waals surface area contributed by atoms with Gasteiger partial charge in [0.25, 0.3) is 0 Å². The number of hydrogen-bond donors (Lipinski definition) is 0. The fraction of sp³-hybridized carbons (Fsp3) is 0.167. The molecular formula is C18H19NO2. The van der Waals surface area contributed by atoms with Gasteiger partial charge in [-0.15, -0.1) is 0 Å². The monoisotopic (exact) mass is 281 g/mol. The summed E-state index contributed by atoms with van der Waals surface area (Å²) in [5.74, 6) is 0.754. The Labute approximate surface area is 125 Å². The van der Waals surface area contributed by atoms with Gasteiger partial charge in [0.05, 0.1) is 7.11 Å². The third-order valence-electron chi connectivity index (χ3n) is 3.15. The zero-order valence-corrected chi connectivity index (χ0v) is 12.3. The maximum absolute atomic E-state index is 12.1. The van der Waals surface area contributed by atoms with E-state index in [0.717, 1.165) is 16.9 Å². The topological polar surface area (TPSA) is 29.5 Å². The van der Waals surface area contributed by atoms with E-state index in [9.17, 15) is 4.79 Å². The number of carbonyl (C=O) groups excluding carboxylic acids is 1. The lowest BCUT2D eigenvalue weighted by atomic mass is 10.2. The summed E-state index contributed by atoms with van der Waals surface area (Å²) >= 11 is 0. The van der Waals surface area contributed by atoms with E-state index >= 15 is 0 Å². The summed E-state index contributed by atoms with van der Waals surface area (Å²) in [6, 6.07) is 17.5. The Bertz CT molecular complexity index is 620. The molecule has 0 saturated carbocycles. The van der Waals surface area contributed by atoms with Crippen molar-refractivity contribution in [3.63, 3.8) is 0 Å². The molecule has 0 aromatic heterocycles. The van der Waals surface area contributed by atoms with Gasteiger partial charge < -0.3 is 9.64 Å². The summed E-state index contributed by atoms with van der Waals surface area (Å²) in [5, 5.41) is 0. The smallest absolute Gasteiger partial charge is 0.246 e. The third kappa shape index (κ3) is 4.49. The Morgan fingerprint density at radius 3 is 2.62 bits per heavy atom. The molecule has 0 atom stereocenters. The summed E-state index contributed by atoms with van der Waals surface area (Å²) in [6.45, 7) is 0.599. The van der Waals surface area contributed by atoms with Crippen molar-refractivity contribution >= 4 is 12.0 Å². The first-order valence-corrected chi connectivity index (χ1v) is 6.80. The molecule has 0 aliphatic rings. The number of hydrogen-bond acceptors (Lipinski definition) is 2. The molecule has 2 aromatic rings. The molecule has 1 amide bonds. The van der Waals surface area contributed by atoms with E-state index in [1.807, 2.05) is 54.6 Å². The predicted molar refractivity (Wildman–Crippen MR) is 84.9 cm³/mol. The first-order chi connectivity index (χ1) is 10.2. The zero-order valence-electron chi connectivity index (χ0n) is 12.3. The molecule has 2 rings (SSSR count). The number of ether oxygens (including phenoxy) is 1. The standard InChI is InChI=1S/C18H19NO2/c1-19(14-16-7-4-3-5-8-16)18(20)12-11-15-9-6-10-17(13-15)21-2/h3-13H,14H2,1-2H3. The molecule has 0 heterocycles. The zero-order chi connectivity index (χ0) is 15.1. The molecule has 21 heavy (non-hydrogen) atoms. The highest BCUT2D eigenvalue weighted by molar-refractivity contribution is 5.91. The molecule has 0 unspecified atom stereocenters. The van der Waals surface area contributed by atoms with E-state index in [2.05, 4.69) is 0 Å². The van der Waals surface area contributed by atoms with Crippen LogP contribution in [-0.4, -0.2) is 25.0 Å². The van der Waals surface area contributed by atoms with Crippen LogP contribution in [0.4, 0.5) is 0 Å². The Balaban J connectivity index is 1.98. The predicted octanol–water partition coefficient (Wildman–Crippen LogP) is 3.37. The highest BCUT2D eigenvalue weighted by Crippen LogP contribution is 2.13. The molecule has 3 heteroatoms. The number of methoxy groups -OCH3 is 1.